The molecule has 0 bridgehead atoms. The molecule has 1 N–H and O–H groups in total. The average molecular weight is 324 g/mol. The summed E-state index contributed by atoms with van der Waals surface area (Å²) >= 11 is 1.18. The summed E-state index contributed by atoms with van der Waals surface area (Å²) in [5.41, 5.74) is 0.324. The minimum absolute atomic E-state index is 0. The Balaban J connectivity index is 0.00000176. The Hall–Kier alpha value is -1.60. The molecular formula is C15H9NaO5S. The first-order valence-electron chi connectivity index (χ1n) is 6.08. The minimum Gasteiger partial charge on any atom is -0.871 e. The number of carboxylic acid groups (broad SMARTS) is 1. The van der Waals surface area contributed by atoms with Gasteiger partial charge < -0.3 is 14.6 Å². The summed E-state index contributed by atoms with van der Waals surface area (Å²) in [5.74, 6) is -1.07. The van der Waals surface area contributed by atoms with Crippen LogP contribution in [0.5, 0.6) is 5.75 Å². The van der Waals surface area contributed by atoms with Gasteiger partial charge in [0.05, 0.1) is 16.7 Å². The molecule has 0 saturated heterocycles. The van der Waals surface area contributed by atoms with Crippen molar-refractivity contribution in [2.24, 2.45) is 0 Å². The molecule has 22 heavy (non-hydrogen) atoms. The minimum atomic E-state index is -1.02. The number of aliphatic carboxylic acids is 1. The van der Waals surface area contributed by atoms with Gasteiger partial charge in [0.15, 0.2) is 5.43 Å². The van der Waals surface area contributed by atoms with Crippen molar-refractivity contribution in [3.63, 3.8) is 0 Å². The van der Waals surface area contributed by atoms with E-state index in [1.54, 1.807) is 23.6 Å². The summed E-state index contributed by atoms with van der Waals surface area (Å²) in [6.45, 7) is 0. The fourth-order valence-electron chi connectivity index (χ4n) is 2.13. The fourth-order valence-corrected chi connectivity index (χ4v) is 2.86. The first-order chi connectivity index (χ1) is 10.1. The Labute approximate surface area is 151 Å². The number of carboxylic acids is 1. The van der Waals surface area contributed by atoms with Gasteiger partial charge in [-0.15, -0.1) is 11.3 Å². The van der Waals surface area contributed by atoms with Crippen molar-refractivity contribution in [1.82, 2.24) is 0 Å². The monoisotopic (exact) mass is 324 g/mol. The first kappa shape index (κ1) is 16.8. The molecule has 1 aromatic carbocycles. The summed E-state index contributed by atoms with van der Waals surface area (Å²) in [7, 11) is 0. The summed E-state index contributed by atoms with van der Waals surface area (Å²) in [6, 6.07) is 7.44. The topological polar surface area (TPSA) is 90.6 Å². The van der Waals surface area contributed by atoms with E-state index >= 15 is 0 Å². The van der Waals surface area contributed by atoms with Gasteiger partial charge in [0, 0.05) is 11.6 Å². The zero-order chi connectivity index (χ0) is 15.0. The molecule has 0 unspecified atom stereocenters. The molecule has 0 aliphatic rings. The van der Waals surface area contributed by atoms with Crippen LogP contribution < -0.4 is 40.1 Å². The zero-order valence-electron chi connectivity index (χ0n) is 11.7. The van der Waals surface area contributed by atoms with Crippen LogP contribution in [0, 0.1) is 0 Å². The Morgan fingerprint density at radius 3 is 2.73 bits per heavy atom. The zero-order valence-corrected chi connectivity index (χ0v) is 14.5. The Morgan fingerprint density at radius 2 is 2.09 bits per heavy atom. The van der Waals surface area contributed by atoms with E-state index in [0.29, 0.717) is 15.8 Å². The van der Waals surface area contributed by atoms with Crippen molar-refractivity contribution in [1.29, 1.82) is 0 Å². The van der Waals surface area contributed by atoms with Crippen LogP contribution in [0.25, 0.3) is 21.6 Å². The molecule has 3 rings (SSSR count). The van der Waals surface area contributed by atoms with Crippen molar-refractivity contribution in [2.75, 3.05) is 0 Å². The van der Waals surface area contributed by atoms with Gasteiger partial charge in [0.25, 0.3) is 0 Å². The Morgan fingerprint density at radius 1 is 1.32 bits per heavy atom. The van der Waals surface area contributed by atoms with Gasteiger partial charge in [-0.2, -0.15) is 0 Å². The van der Waals surface area contributed by atoms with E-state index < -0.39 is 5.97 Å². The summed E-state index contributed by atoms with van der Waals surface area (Å²) in [5, 5.41) is 22.5. The van der Waals surface area contributed by atoms with Crippen LogP contribution in [0.3, 0.4) is 0 Å². The van der Waals surface area contributed by atoms with Crippen LogP contribution in [-0.2, 0) is 11.2 Å². The number of rotatable bonds is 3. The molecular weight excluding hydrogens is 315 g/mol. The van der Waals surface area contributed by atoms with Crippen LogP contribution in [0.2, 0.25) is 0 Å². The molecule has 2 heterocycles. The van der Waals surface area contributed by atoms with Crippen LogP contribution >= 0.6 is 11.3 Å². The third-order valence-corrected chi connectivity index (χ3v) is 3.94. The van der Waals surface area contributed by atoms with E-state index in [2.05, 4.69) is 0 Å². The molecule has 2 aromatic heterocycles. The van der Waals surface area contributed by atoms with Crippen LogP contribution in [-0.4, -0.2) is 11.1 Å². The maximum atomic E-state index is 12.1. The average Bonchev–Trinajstić information content (AvgIpc) is 2.85. The van der Waals surface area contributed by atoms with Gasteiger partial charge in [0.2, 0.25) is 0 Å². The van der Waals surface area contributed by atoms with Gasteiger partial charge in [-0.1, -0.05) is 23.9 Å². The SMILES string of the molecule is O=C(O)Cc1cccc2c(=O)cc(-c3sccc3[O-])oc12.[Na+]. The smallest absolute Gasteiger partial charge is 0.871 e. The second kappa shape index (κ2) is 6.66. The van der Waals surface area contributed by atoms with Gasteiger partial charge in [0.1, 0.15) is 11.3 Å². The third kappa shape index (κ3) is 3.10. The van der Waals surface area contributed by atoms with Crippen molar-refractivity contribution in [3.05, 3.63) is 51.5 Å². The van der Waals surface area contributed by atoms with Crippen molar-refractivity contribution >= 4 is 28.3 Å². The first-order valence-corrected chi connectivity index (χ1v) is 6.96. The number of carbonyl (C=O) groups is 1. The van der Waals surface area contributed by atoms with Gasteiger partial charge in [-0.25, -0.2) is 0 Å². The van der Waals surface area contributed by atoms with Crippen molar-refractivity contribution in [2.45, 2.75) is 6.42 Å². The summed E-state index contributed by atoms with van der Waals surface area (Å²) in [4.78, 5) is 23.4. The quantitative estimate of drug-likeness (QED) is 0.639. The molecule has 0 aliphatic carbocycles. The second-order valence-electron chi connectivity index (χ2n) is 4.45. The molecule has 106 valence electrons. The van der Waals surface area contributed by atoms with Crippen molar-refractivity contribution < 1.29 is 49.0 Å². The second-order valence-corrected chi connectivity index (χ2v) is 5.37. The molecule has 0 saturated carbocycles. The van der Waals surface area contributed by atoms with Crippen LogP contribution in [0.4, 0.5) is 0 Å². The molecule has 0 amide bonds. The third-order valence-electron chi connectivity index (χ3n) is 3.03. The number of hydrogen-bond acceptors (Lipinski definition) is 5. The van der Waals surface area contributed by atoms with E-state index in [1.807, 2.05) is 0 Å². The maximum Gasteiger partial charge on any atom is 1.00 e. The number of fused-ring (bicyclic) bond motifs is 1. The standard InChI is InChI=1S/C15H10O5S.Na/c16-10-4-5-21-15(10)12-7-11(17)9-3-1-2-8(6-13(18)19)14(9)20-12;/h1-5,7,16H,6H2,(H,18,19);/q;+1/p-1. The largest absolute Gasteiger partial charge is 1.00 e. The predicted molar refractivity (Wildman–Crippen MR) is 76.6 cm³/mol. The molecule has 3 aromatic rings. The van der Waals surface area contributed by atoms with Gasteiger partial charge in [-0.3, -0.25) is 9.59 Å². The molecule has 0 spiro atoms. The number of thiophene rings is 1. The molecule has 0 radical (unpaired) electrons. The van der Waals surface area contributed by atoms with E-state index in [-0.39, 0.29) is 58.5 Å². The predicted octanol–water partition coefficient (Wildman–Crippen LogP) is -0.774. The van der Waals surface area contributed by atoms with Crippen LogP contribution in [0.1, 0.15) is 5.56 Å². The van der Waals surface area contributed by atoms with E-state index in [9.17, 15) is 14.7 Å². The summed E-state index contributed by atoms with van der Waals surface area (Å²) < 4.78 is 5.65. The van der Waals surface area contributed by atoms with Gasteiger partial charge >= 0.3 is 35.5 Å². The van der Waals surface area contributed by atoms with Crippen molar-refractivity contribution in [3.8, 4) is 16.4 Å². The Kier molecular flexibility index (Phi) is 5.08. The van der Waals surface area contributed by atoms with Gasteiger partial charge in [-0.05, 0) is 11.4 Å². The number of para-hydroxylation sites is 1. The molecule has 0 fully saturated rings. The Bertz CT molecular complexity index is 896. The molecule has 5 nitrogen and oxygen atoms in total. The van der Waals surface area contributed by atoms with E-state index in [4.69, 9.17) is 9.52 Å². The van der Waals surface area contributed by atoms with E-state index in [0.717, 1.165) is 0 Å². The van der Waals surface area contributed by atoms with E-state index in [1.165, 1.54) is 23.5 Å². The normalized spacial score (nSPS) is 10.4. The molecule has 0 aliphatic heterocycles. The molecule has 0 atom stereocenters. The molecule has 7 heteroatoms. The maximum absolute atomic E-state index is 12.1. The fraction of sp³-hybridized carbons (Fsp3) is 0.0667. The number of benzene rings is 1. The van der Waals surface area contributed by atoms with Crippen LogP contribution in [0.15, 0.2) is 44.9 Å². The summed E-state index contributed by atoms with van der Waals surface area (Å²) in [6.07, 6.45) is -0.252. The number of hydrogen-bond donors (Lipinski definition) is 1.